The molecule has 0 aliphatic carbocycles. The van der Waals surface area contributed by atoms with Gasteiger partial charge in [0.05, 0.1) is 18.4 Å². The fraction of sp³-hybridized carbons (Fsp3) is 0.0833. The lowest BCUT2D eigenvalue weighted by molar-refractivity contribution is 0.415. The molecule has 28 heavy (non-hydrogen) atoms. The number of ether oxygens (including phenoxy) is 2. The normalized spacial score (nSPS) is 10.6. The maximum absolute atomic E-state index is 5.31. The Morgan fingerprint density at radius 2 is 1.25 bits per heavy atom. The fourth-order valence-electron chi connectivity index (χ4n) is 2.92. The molecule has 0 unspecified atom stereocenters. The van der Waals surface area contributed by atoms with Crippen LogP contribution in [0.5, 0.6) is 11.5 Å². The summed E-state index contributed by atoms with van der Waals surface area (Å²) in [5, 5.41) is 0. The molecule has 4 aromatic rings. The Balaban J connectivity index is 1.75. The van der Waals surface area contributed by atoms with Crippen molar-refractivity contribution in [3.05, 3.63) is 84.9 Å². The Labute approximate surface area is 173 Å². The molecule has 0 radical (unpaired) electrons. The molecule has 0 saturated heterocycles. The van der Waals surface area contributed by atoms with Crippen molar-refractivity contribution in [2.24, 2.45) is 0 Å². The summed E-state index contributed by atoms with van der Waals surface area (Å²) in [6.45, 7) is 0. The third-order valence-electron chi connectivity index (χ3n) is 4.43. The van der Waals surface area contributed by atoms with Crippen LogP contribution in [0.25, 0.3) is 21.6 Å². The average molecular weight is 405 g/mol. The predicted molar refractivity (Wildman–Crippen MR) is 119 cm³/mol. The van der Waals surface area contributed by atoms with E-state index in [4.69, 9.17) is 9.47 Å². The van der Waals surface area contributed by atoms with E-state index >= 15 is 0 Å². The van der Waals surface area contributed by atoms with Crippen LogP contribution in [0.2, 0.25) is 0 Å². The summed E-state index contributed by atoms with van der Waals surface area (Å²) < 4.78 is 11.9. The summed E-state index contributed by atoms with van der Waals surface area (Å²) in [6.07, 6.45) is 0. The summed E-state index contributed by atoms with van der Waals surface area (Å²) in [6, 6.07) is 29.3. The van der Waals surface area contributed by atoms with Gasteiger partial charge >= 0.3 is 0 Å². The second kappa shape index (κ2) is 8.55. The lowest BCUT2D eigenvalue weighted by Crippen LogP contribution is -1.82. The quantitative estimate of drug-likeness (QED) is 0.337. The van der Waals surface area contributed by atoms with E-state index in [1.54, 1.807) is 26.0 Å². The molecule has 0 amide bonds. The third kappa shape index (κ3) is 4.08. The molecule has 4 rings (SSSR count). The van der Waals surface area contributed by atoms with Crippen molar-refractivity contribution in [3.63, 3.8) is 0 Å². The Bertz CT molecular complexity index is 1040. The molecule has 3 aromatic carbocycles. The topological polar surface area (TPSA) is 18.5 Å². The van der Waals surface area contributed by atoms with Crippen molar-refractivity contribution in [3.8, 4) is 33.1 Å². The highest BCUT2D eigenvalue weighted by atomic mass is 32.2. The van der Waals surface area contributed by atoms with Crippen molar-refractivity contribution >= 4 is 23.1 Å². The van der Waals surface area contributed by atoms with Crippen molar-refractivity contribution in [2.45, 2.75) is 9.10 Å². The molecule has 1 heterocycles. The summed E-state index contributed by atoms with van der Waals surface area (Å²) in [5.41, 5.74) is 3.63. The van der Waals surface area contributed by atoms with Crippen molar-refractivity contribution in [2.75, 3.05) is 14.2 Å². The first kappa shape index (κ1) is 18.7. The van der Waals surface area contributed by atoms with Gasteiger partial charge in [0.25, 0.3) is 0 Å². The van der Waals surface area contributed by atoms with Gasteiger partial charge in [-0.3, -0.25) is 0 Å². The second-order valence-electron chi connectivity index (χ2n) is 6.18. The summed E-state index contributed by atoms with van der Waals surface area (Å²) >= 11 is 3.62. The Morgan fingerprint density at radius 3 is 1.82 bits per heavy atom. The van der Waals surface area contributed by atoms with Crippen LogP contribution in [0.15, 0.2) is 94.0 Å². The van der Waals surface area contributed by atoms with Gasteiger partial charge in [0.1, 0.15) is 11.5 Å². The summed E-state index contributed by atoms with van der Waals surface area (Å²) in [5.74, 6) is 1.74. The predicted octanol–water partition coefficient (Wildman–Crippen LogP) is 7.25. The molecule has 1 aromatic heterocycles. The van der Waals surface area contributed by atoms with Gasteiger partial charge in [-0.25, -0.2) is 0 Å². The highest BCUT2D eigenvalue weighted by Gasteiger charge is 2.14. The van der Waals surface area contributed by atoms with E-state index in [0.717, 1.165) is 11.5 Å². The molecule has 0 N–H and O–H groups in total. The minimum Gasteiger partial charge on any atom is -0.497 e. The zero-order chi connectivity index (χ0) is 19.3. The molecule has 0 spiro atoms. The van der Waals surface area contributed by atoms with E-state index < -0.39 is 0 Å². The largest absolute Gasteiger partial charge is 0.497 e. The minimum atomic E-state index is 0.867. The van der Waals surface area contributed by atoms with Gasteiger partial charge in [0.15, 0.2) is 0 Å². The Morgan fingerprint density at radius 1 is 0.679 bits per heavy atom. The molecular formula is C24H20O2S2. The highest BCUT2D eigenvalue weighted by Crippen LogP contribution is 2.45. The van der Waals surface area contributed by atoms with Crippen LogP contribution in [0.1, 0.15) is 0 Å². The standard InChI is InChI=1S/C24H20O2S2/c1-25-19-12-8-17(9-13-19)22-16-23(18-10-14-20(26-2)15-11-18)28-24(22)27-21-6-4-3-5-7-21/h3-16H,1-2H3. The SMILES string of the molecule is COc1ccc(-c2cc(-c3ccc(OC)cc3)c(Sc3ccccc3)s2)cc1. The smallest absolute Gasteiger partial charge is 0.118 e. The van der Waals surface area contributed by atoms with Gasteiger partial charge in [-0.15, -0.1) is 11.3 Å². The second-order valence-corrected chi connectivity index (χ2v) is 8.58. The number of thiophene rings is 1. The first-order valence-corrected chi connectivity index (χ1v) is 10.6. The van der Waals surface area contributed by atoms with Gasteiger partial charge in [-0.2, -0.15) is 0 Å². The van der Waals surface area contributed by atoms with Crippen molar-refractivity contribution < 1.29 is 9.47 Å². The monoisotopic (exact) mass is 404 g/mol. The van der Waals surface area contributed by atoms with Crippen LogP contribution < -0.4 is 9.47 Å². The lowest BCUT2D eigenvalue weighted by Gasteiger charge is -2.05. The molecule has 140 valence electrons. The maximum Gasteiger partial charge on any atom is 0.118 e. The van der Waals surface area contributed by atoms with Crippen LogP contribution in [0.3, 0.4) is 0 Å². The van der Waals surface area contributed by atoms with Gasteiger partial charge in [-0.1, -0.05) is 42.1 Å². The lowest BCUT2D eigenvalue weighted by atomic mass is 10.1. The first-order valence-electron chi connectivity index (χ1n) is 8.92. The van der Waals surface area contributed by atoms with Crippen LogP contribution in [-0.2, 0) is 0 Å². The number of rotatable bonds is 6. The minimum absolute atomic E-state index is 0.867. The fourth-order valence-corrected chi connectivity index (χ4v) is 5.35. The average Bonchev–Trinajstić information content (AvgIpc) is 3.18. The molecular weight excluding hydrogens is 384 g/mol. The van der Waals surface area contributed by atoms with Crippen LogP contribution in [-0.4, -0.2) is 14.2 Å². The molecule has 4 heteroatoms. The molecule has 0 atom stereocenters. The maximum atomic E-state index is 5.31. The van der Waals surface area contributed by atoms with Crippen LogP contribution >= 0.6 is 23.1 Å². The van der Waals surface area contributed by atoms with E-state index in [2.05, 4.69) is 54.6 Å². The van der Waals surface area contributed by atoms with Crippen LogP contribution in [0.4, 0.5) is 0 Å². The number of hydrogen-bond donors (Lipinski definition) is 0. The van der Waals surface area contributed by atoms with E-state index in [1.165, 1.54) is 30.7 Å². The van der Waals surface area contributed by atoms with Gasteiger partial charge in [-0.05, 0) is 65.7 Å². The van der Waals surface area contributed by atoms with Crippen molar-refractivity contribution in [1.82, 2.24) is 0 Å². The van der Waals surface area contributed by atoms with Gasteiger partial charge < -0.3 is 9.47 Å². The van der Waals surface area contributed by atoms with E-state index in [-0.39, 0.29) is 0 Å². The number of methoxy groups -OCH3 is 2. The zero-order valence-corrected chi connectivity index (χ0v) is 17.3. The zero-order valence-electron chi connectivity index (χ0n) is 15.7. The highest BCUT2D eigenvalue weighted by molar-refractivity contribution is 8.01. The summed E-state index contributed by atoms with van der Waals surface area (Å²) in [4.78, 5) is 2.48. The van der Waals surface area contributed by atoms with E-state index in [1.807, 2.05) is 41.7 Å². The summed E-state index contributed by atoms with van der Waals surface area (Å²) in [7, 11) is 3.38. The van der Waals surface area contributed by atoms with Gasteiger partial charge in [0, 0.05) is 15.3 Å². The number of hydrogen-bond acceptors (Lipinski definition) is 4. The molecule has 0 aliphatic rings. The van der Waals surface area contributed by atoms with Crippen molar-refractivity contribution in [1.29, 1.82) is 0 Å². The third-order valence-corrected chi connectivity index (χ3v) is 6.82. The molecule has 0 fully saturated rings. The Kier molecular flexibility index (Phi) is 5.70. The Hall–Kier alpha value is -2.69. The molecule has 0 bridgehead atoms. The van der Waals surface area contributed by atoms with E-state index in [9.17, 15) is 0 Å². The molecule has 0 aliphatic heterocycles. The van der Waals surface area contributed by atoms with E-state index in [0.29, 0.717) is 0 Å². The van der Waals surface area contributed by atoms with Gasteiger partial charge in [0.2, 0.25) is 0 Å². The number of benzene rings is 3. The van der Waals surface area contributed by atoms with Crippen LogP contribution in [0, 0.1) is 0 Å². The first-order chi connectivity index (χ1) is 13.8. The molecule has 0 saturated carbocycles. The molecule has 2 nitrogen and oxygen atoms in total.